The number of amides is 4. The van der Waals surface area contributed by atoms with Gasteiger partial charge in [-0.1, -0.05) is 62.2 Å². The van der Waals surface area contributed by atoms with Crippen LogP contribution in [0.5, 0.6) is 11.5 Å². The largest absolute Gasteiger partial charge is 0.490 e. The summed E-state index contributed by atoms with van der Waals surface area (Å²) in [7, 11) is 0. The average molecular weight is 614 g/mol. The fourth-order valence-corrected chi connectivity index (χ4v) is 4.28. The SMILES string of the molecule is CCOc1cc(/C=C2\C(=O)NC(=O)N(c3ccc(Br)c(C)c3)C2=O)c(Br)cc1OCc1ccccc1. The van der Waals surface area contributed by atoms with E-state index < -0.39 is 17.8 Å². The Bertz CT molecular complexity index is 1370. The van der Waals surface area contributed by atoms with Crippen molar-refractivity contribution in [2.24, 2.45) is 0 Å². The molecule has 0 aliphatic carbocycles. The predicted octanol–water partition coefficient (Wildman–Crippen LogP) is 6.16. The Kier molecular flexibility index (Phi) is 7.91. The molecule has 0 saturated carbocycles. The lowest BCUT2D eigenvalue weighted by Gasteiger charge is -2.27. The highest BCUT2D eigenvalue weighted by molar-refractivity contribution is 9.10. The van der Waals surface area contributed by atoms with Gasteiger partial charge in [0, 0.05) is 8.95 Å². The fourth-order valence-electron chi connectivity index (χ4n) is 3.59. The average Bonchev–Trinajstić information content (AvgIpc) is 2.85. The Labute approximate surface area is 225 Å². The lowest BCUT2D eigenvalue weighted by molar-refractivity contribution is -0.122. The molecule has 0 aromatic heterocycles. The van der Waals surface area contributed by atoms with Crippen LogP contribution in [0.3, 0.4) is 0 Å². The smallest absolute Gasteiger partial charge is 0.335 e. The molecule has 0 spiro atoms. The zero-order valence-electron chi connectivity index (χ0n) is 19.5. The minimum Gasteiger partial charge on any atom is -0.490 e. The minimum atomic E-state index is -0.803. The summed E-state index contributed by atoms with van der Waals surface area (Å²) >= 11 is 6.92. The molecule has 1 heterocycles. The van der Waals surface area contributed by atoms with Gasteiger partial charge in [0.05, 0.1) is 12.3 Å². The molecule has 1 aliphatic heterocycles. The van der Waals surface area contributed by atoms with Gasteiger partial charge in [0.25, 0.3) is 11.8 Å². The molecule has 4 rings (SSSR count). The highest BCUT2D eigenvalue weighted by Crippen LogP contribution is 2.36. The normalized spacial score (nSPS) is 14.7. The summed E-state index contributed by atoms with van der Waals surface area (Å²) in [6.07, 6.45) is 1.43. The van der Waals surface area contributed by atoms with Gasteiger partial charge in [0.1, 0.15) is 12.2 Å². The summed E-state index contributed by atoms with van der Waals surface area (Å²) in [5.41, 5.74) is 2.53. The molecule has 0 unspecified atom stereocenters. The third-order valence-electron chi connectivity index (χ3n) is 5.40. The van der Waals surface area contributed by atoms with Crippen molar-refractivity contribution in [1.82, 2.24) is 5.32 Å². The third kappa shape index (κ3) is 5.52. The van der Waals surface area contributed by atoms with E-state index in [2.05, 4.69) is 37.2 Å². The van der Waals surface area contributed by atoms with Crippen LogP contribution < -0.4 is 19.7 Å². The number of anilines is 1. The summed E-state index contributed by atoms with van der Waals surface area (Å²) < 4.78 is 13.2. The molecular formula is C27H22Br2N2O5. The standard InChI is InChI=1S/C27H22Br2N2O5/c1-3-35-23-13-18(22(29)14-24(23)36-15-17-7-5-4-6-8-17)12-20-25(32)30-27(34)31(26(20)33)19-9-10-21(28)16(2)11-19/h4-14H,3,15H2,1-2H3,(H,30,32,34)/b20-12+. The van der Waals surface area contributed by atoms with Crippen LogP contribution in [0.1, 0.15) is 23.6 Å². The lowest BCUT2D eigenvalue weighted by atomic mass is 10.1. The number of barbiturate groups is 1. The maximum Gasteiger partial charge on any atom is 0.335 e. The van der Waals surface area contributed by atoms with Crippen molar-refractivity contribution in [1.29, 1.82) is 0 Å². The number of hydrogen-bond acceptors (Lipinski definition) is 5. The molecule has 1 aliphatic rings. The predicted molar refractivity (Wildman–Crippen MR) is 144 cm³/mol. The first-order valence-corrected chi connectivity index (χ1v) is 12.7. The molecule has 184 valence electrons. The van der Waals surface area contributed by atoms with Crippen LogP contribution in [-0.2, 0) is 16.2 Å². The van der Waals surface area contributed by atoms with Gasteiger partial charge in [-0.15, -0.1) is 0 Å². The van der Waals surface area contributed by atoms with E-state index in [1.807, 2.05) is 44.2 Å². The number of ether oxygens (including phenoxy) is 2. The van der Waals surface area contributed by atoms with E-state index in [9.17, 15) is 14.4 Å². The van der Waals surface area contributed by atoms with E-state index in [1.165, 1.54) is 6.08 Å². The molecular weight excluding hydrogens is 592 g/mol. The van der Waals surface area contributed by atoms with Gasteiger partial charge in [-0.25, -0.2) is 9.69 Å². The van der Waals surface area contributed by atoms with Crippen molar-refractivity contribution in [3.8, 4) is 11.5 Å². The minimum absolute atomic E-state index is 0.184. The monoisotopic (exact) mass is 612 g/mol. The Morgan fingerprint density at radius 2 is 1.64 bits per heavy atom. The number of nitrogens with one attached hydrogen (secondary N) is 1. The number of carbonyl (C=O) groups is 3. The highest BCUT2D eigenvalue weighted by atomic mass is 79.9. The molecule has 0 radical (unpaired) electrons. The van der Waals surface area contributed by atoms with E-state index in [1.54, 1.807) is 30.3 Å². The molecule has 36 heavy (non-hydrogen) atoms. The second kappa shape index (κ2) is 11.1. The van der Waals surface area contributed by atoms with Crippen LogP contribution in [-0.4, -0.2) is 24.5 Å². The fraction of sp³-hybridized carbons (Fsp3) is 0.148. The first-order valence-electron chi connectivity index (χ1n) is 11.1. The maximum atomic E-state index is 13.3. The van der Waals surface area contributed by atoms with Crippen molar-refractivity contribution < 1.29 is 23.9 Å². The zero-order valence-corrected chi connectivity index (χ0v) is 22.7. The molecule has 4 amide bonds. The number of rotatable bonds is 7. The molecule has 1 saturated heterocycles. The lowest BCUT2D eigenvalue weighted by Crippen LogP contribution is -2.54. The van der Waals surface area contributed by atoms with Crippen LogP contribution in [0, 0.1) is 6.92 Å². The number of benzene rings is 3. The number of halogens is 2. The van der Waals surface area contributed by atoms with Crippen molar-refractivity contribution in [2.75, 3.05) is 11.5 Å². The molecule has 0 bridgehead atoms. The number of hydrogen-bond donors (Lipinski definition) is 1. The Balaban J connectivity index is 1.67. The number of urea groups is 1. The van der Waals surface area contributed by atoms with E-state index in [0.717, 1.165) is 20.5 Å². The number of aryl methyl sites for hydroxylation is 1. The summed E-state index contributed by atoms with van der Waals surface area (Å²) in [5, 5.41) is 2.25. The maximum absolute atomic E-state index is 13.3. The van der Waals surface area contributed by atoms with Gasteiger partial charge >= 0.3 is 6.03 Å². The molecule has 9 heteroatoms. The van der Waals surface area contributed by atoms with Crippen LogP contribution in [0.4, 0.5) is 10.5 Å². The molecule has 7 nitrogen and oxygen atoms in total. The van der Waals surface area contributed by atoms with Crippen molar-refractivity contribution in [2.45, 2.75) is 20.5 Å². The molecule has 3 aromatic rings. The molecule has 0 atom stereocenters. The summed E-state index contributed by atoms with van der Waals surface area (Å²) in [6, 6.07) is 17.4. The highest BCUT2D eigenvalue weighted by Gasteiger charge is 2.37. The second-order valence-corrected chi connectivity index (χ2v) is 9.63. The Morgan fingerprint density at radius 1 is 0.917 bits per heavy atom. The topological polar surface area (TPSA) is 84.9 Å². The molecule has 1 N–H and O–H groups in total. The van der Waals surface area contributed by atoms with E-state index in [4.69, 9.17) is 9.47 Å². The number of nitrogens with zero attached hydrogens (tertiary/aromatic N) is 1. The van der Waals surface area contributed by atoms with Gasteiger partial charge in [-0.3, -0.25) is 14.9 Å². The van der Waals surface area contributed by atoms with Crippen LogP contribution >= 0.6 is 31.9 Å². The number of carbonyl (C=O) groups excluding carboxylic acids is 3. The molecule has 1 fully saturated rings. The quantitative estimate of drug-likeness (QED) is 0.255. The van der Waals surface area contributed by atoms with Crippen molar-refractivity contribution >= 4 is 61.5 Å². The van der Waals surface area contributed by atoms with Gasteiger partial charge in [0.2, 0.25) is 0 Å². The first kappa shape index (κ1) is 25.7. The van der Waals surface area contributed by atoms with Crippen LogP contribution in [0.2, 0.25) is 0 Å². The van der Waals surface area contributed by atoms with E-state index >= 15 is 0 Å². The second-order valence-electron chi connectivity index (χ2n) is 7.92. The van der Waals surface area contributed by atoms with E-state index in [-0.39, 0.29) is 5.57 Å². The third-order valence-corrected chi connectivity index (χ3v) is 6.98. The van der Waals surface area contributed by atoms with Crippen LogP contribution in [0.25, 0.3) is 6.08 Å². The van der Waals surface area contributed by atoms with Gasteiger partial charge in [-0.2, -0.15) is 0 Å². The summed E-state index contributed by atoms with van der Waals surface area (Å²) in [4.78, 5) is 39.4. The van der Waals surface area contributed by atoms with Crippen molar-refractivity contribution in [3.63, 3.8) is 0 Å². The summed E-state index contributed by atoms with van der Waals surface area (Å²) in [5.74, 6) is -0.524. The van der Waals surface area contributed by atoms with Gasteiger partial charge < -0.3 is 9.47 Å². The zero-order chi connectivity index (χ0) is 25.8. The van der Waals surface area contributed by atoms with Crippen LogP contribution in [0.15, 0.2) is 75.2 Å². The molecule has 3 aromatic carbocycles. The van der Waals surface area contributed by atoms with Crippen molar-refractivity contribution in [3.05, 3.63) is 91.9 Å². The first-order chi connectivity index (χ1) is 17.3. The summed E-state index contributed by atoms with van der Waals surface area (Å²) in [6.45, 7) is 4.43. The van der Waals surface area contributed by atoms with E-state index in [0.29, 0.717) is 40.4 Å². The van der Waals surface area contributed by atoms with Gasteiger partial charge in [0.15, 0.2) is 11.5 Å². The van der Waals surface area contributed by atoms with Gasteiger partial charge in [-0.05, 0) is 66.9 Å². The number of imide groups is 2. The Morgan fingerprint density at radius 3 is 2.33 bits per heavy atom. The Hall–Kier alpha value is -3.43.